The second-order valence-electron chi connectivity index (χ2n) is 5.89. The number of nitrogens with zero attached hydrogens (tertiary/aromatic N) is 3. The van der Waals surface area contributed by atoms with Gasteiger partial charge >= 0.3 is 6.61 Å². The molecule has 0 radical (unpaired) electrons. The molecule has 3 N–H and O–H groups in total. The van der Waals surface area contributed by atoms with Gasteiger partial charge in [0.25, 0.3) is 0 Å². The van der Waals surface area contributed by atoms with Crippen LogP contribution in [0.1, 0.15) is 6.42 Å². The zero-order valence-electron chi connectivity index (χ0n) is 14.4. The monoisotopic (exact) mass is 401 g/mol. The van der Waals surface area contributed by atoms with Crippen molar-refractivity contribution in [1.82, 2.24) is 19.7 Å². The molecule has 1 aliphatic rings. The van der Waals surface area contributed by atoms with Crippen LogP contribution in [0, 0.1) is 11.6 Å². The van der Waals surface area contributed by atoms with Gasteiger partial charge in [-0.3, -0.25) is 4.40 Å². The van der Waals surface area contributed by atoms with Gasteiger partial charge in [0.15, 0.2) is 17.5 Å². The third-order valence-electron chi connectivity index (χ3n) is 3.91. The third kappa shape index (κ3) is 4.47. The molecule has 28 heavy (non-hydrogen) atoms. The topological polar surface area (TPSA) is 77.5 Å². The van der Waals surface area contributed by atoms with Gasteiger partial charge in [0.1, 0.15) is 23.3 Å². The number of halogens is 5. The van der Waals surface area contributed by atoms with Crippen LogP contribution in [0.5, 0.6) is 5.75 Å². The number of pyridine rings is 2. The van der Waals surface area contributed by atoms with Gasteiger partial charge in [-0.05, 0) is 19.0 Å². The van der Waals surface area contributed by atoms with E-state index in [1.165, 1.54) is 28.9 Å². The van der Waals surface area contributed by atoms with Crippen molar-refractivity contribution in [3.05, 3.63) is 42.2 Å². The van der Waals surface area contributed by atoms with Crippen molar-refractivity contribution in [2.45, 2.75) is 19.2 Å². The molecule has 4 heterocycles. The number of nitrogens with two attached hydrogens (primary N) is 1. The molecule has 0 amide bonds. The molecule has 0 saturated carbocycles. The molecule has 0 aromatic carbocycles. The summed E-state index contributed by atoms with van der Waals surface area (Å²) in [7, 11) is 0. The van der Waals surface area contributed by atoms with E-state index < -0.39 is 30.2 Å². The lowest BCUT2D eigenvalue weighted by Crippen LogP contribution is -2.08. The number of hydrogen-bond donors (Lipinski definition) is 2. The van der Waals surface area contributed by atoms with E-state index in [2.05, 4.69) is 20.0 Å². The number of imidazole rings is 1. The molecular formula is C17H16F5N5O. The van der Waals surface area contributed by atoms with Gasteiger partial charge in [-0.2, -0.15) is 8.78 Å². The van der Waals surface area contributed by atoms with Gasteiger partial charge in [-0.15, -0.1) is 0 Å². The van der Waals surface area contributed by atoms with Gasteiger partial charge in [0.05, 0.1) is 11.9 Å². The molecular weight excluding hydrogens is 385 g/mol. The number of alkyl halides is 3. The van der Waals surface area contributed by atoms with Gasteiger partial charge in [0, 0.05) is 24.9 Å². The normalized spacial score (nSPS) is 16.3. The van der Waals surface area contributed by atoms with E-state index >= 15 is 0 Å². The Balaban J connectivity index is 0.000000320. The summed E-state index contributed by atoms with van der Waals surface area (Å²) >= 11 is 0. The van der Waals surface area contributed by atoms with Crippen molar-refractivity contribution in [1.29, 1.82) is 0 Å². The average molecular weight is 401 g/mol. The summed E-state index contributed by atoms with van der Waals surface area (Å²) in [4.78, 5) is 7.60. The second-order valence-corrected chi connectivity index (χ2v) is 5.89. The van der Waals surface area contributed by atoms with Crippen molar-refractivity contribution in [2.75, 3.05) is 18.8 Å². The minimum atomic E-state index is -2.96. The maximum Gasteiger partial charge on any atom is 0.387 e. The Morgan fingerprint density at radius 2 is 2.04 bits per heavy atom. The van der Waals surface area contributed by atoms with Crippen molar-refractivity contribution < 1.29 is 26.7 Å². The van der Waals surface area contributed by atoms with Crippen LogP contribution in [-0.2, 0) is 0 Å². The number of aromatic nitrogens is 3. The summed E-state index contributed by atoms with van der Waals surface area (Å²) in [6, 6.07) is 3.13. The molecule has 11 heteroatoms. The second kappa shape index (κ2) is 8.38. The van der Waals surface area contributed by atoms with Gasteiger partial charge in [0.2, 0.25) is 0 Å². The number of ether oxygens (including phenoxy) is 1. The molecule has 3 aromatic heterocycles. The van der Waals surface area contributed by atoms with Crippen LogP contribution >= 0.6 is 0 Å². The fraction of sp³-hybridized carbons (Fsp3) is 0.294. The maximum absolute atomic E-state index is 13.8. The third-order valence-corrected chi connectivity index (χ3v) is 3.91. The Morgan fingerprint density at radius 1 is 1.25 bits per heavy atom. The summed E-state index contributed by atoms with van der Waals surface area (Å²) in [5, 5.41) is 2.90. The highest BCUT2D eigenvalue weighted by Gasteiger charge is 2.16. The number of rotatable bonds is 3. The van der Waals surface area contributed by atoms with E-state index in [1.807, 2.05) is 0 Å². The van der Waals surface area contributed by atoms with Crippen LogP contribution in [0.3, 0.4) is 0 Å². The summed E-state index contributed by atoms with van der Waals surface area (Å²) in [6.45, 7) is -1.53. The molecule has 1 atom stereocenters. The summed E-state index contributed by atoms with van der Waals surface area (Å²) in [5.41, 5.74) is 5.56. The van der Waals surface area contributed by atoms with E-state index in [4.69, 9.17) is 5.73 Å². The molecule has 1 unspecified atom stereocenters. The summed E-state index contributed by atoms with van der Waals surface area (Å²) < 4.78 is 68.8. The predicted molar refractivity (Wildman–Crippen MR) is 91.8 cm³/mol. The number of nitrogen functional groups attached to an aromatic ring is 1. The largest absolute Gasteiger partial charge is 0.435 e. The molecule has 4 rings (SSSR count). The van der Waals surface area contributed by atoms with E-state index in [-0.39, 0.29) is 22.8 Å². The fourth-order valence-electron chi connectivity index (χ4n) is 2.59. The smallest absolute Gasteiger partial charge is 0.387 e. The average Bonchev–Trinajstić information content (AvgIpc) is 3.27. The van der Waals surface area contributed by atoms with Crippen molar-refractivity contribution in [3.8, 4) is 17.1 Å². The summed E-state index contributed by atoms with van der Waals surface area (Å²) in [5.74, 6) is -2.43. The molecule has 0 spiro atoms. The highest BCUT2D eigenvalue weighted by molar-refractivity contribution is 5.63. The van der Waals surface area contributed by atoms with Gasteiger partial charge in [-0.25, -0.2) is 23.1 Å². The lowest BCUT2D eigenvalue weighted by Gasteiger charge is -2.07. The van der Waals surface area contributed by atoms with E-state index in [1.54, 1.807) is 0 Å². The molecule has 1 saturated heterocycles. The van der Waals surface area contributed by atoms with Crippen LogP contribution < -0.4 is 15.8 Å². The Bertz CT molecular complexity index is 959. The highest BCUT2D eigenvalue weighted by atomic mass is 19.3. The minimum Gasteiger partial charge on any atom is -0.435 e. The van der Waals surface area contributed by atoms with E-state index in [0.29, 0.717) is 19.0 Å². The number of nitrogens with one attached hydrogen (secondary N) is 1. The highest BCUT2D eigenvalue weighted by Crippen LogP contribution is 2.26. The molecule has 150 valence electrons. The Labute approximate surface area is 156 Å². The first kappa shape index (κ1) is 19.8. The molecule has 1 aliphatic heterocycles. The van der Waals surface area contributed by atoms with Gasteiger partial charge in [-0.1, -0.05) is 0 Å². The fourth-order valence-corrected chi connectivity index (χ4v) is 2.59. The van der Waals surface area contributed by atoms with Crippen molar-refractivity contribution >= 4 is 11.5 Å². The van der Waals surface area contributed by atoms with Crippen molar-refractivity contribution in [3.63, 3.8) is 0 Å². The lowest BCUT2D eigenvalue weighted by molar-refractivity contribution is -0.0498. The predicted octanol–water partition coefficient (Wildman–Crippen LogP) is 3.18. The molecule has 3 aromatic rings. The first-order valence-corrected chi connectivity index (χ1v) is 8.23. The Morgan fingerprint density at radius 3 is 2.64 bits per heavy atom. The van der Waals surface area contributed by atoms with Crippen LogP contribution in [0.25, 0.3) is 17.0 Å². The SMILES string of the molecule is FC1CCNC1.Nc1nc(-c2cnc3cc(OC(F)F)ccn23)c(F)cc1F. The number of fused-ring (bicyclic) bond motifs is 1. The minimum absolute atomic E-state index is 0.0910. The van der Waals surface area contributed by atoms with Crippen LogP contribution in [0.2, 0.25) is 0 Å². The number of hydrogen-bond acceptors (Lipinski definition) is 5. The van der Waals surface area contributed by atoms with E-state index in [9.17, 15) is 22.0 Å². The molecule has 0 bridgehead atoms. The van der Waals surface area contributed by atoms with Crippen LogP contribution in [0.15, 0.2) is 30.6 Å². The standard InChI is InChI=1S/C13H8F4N4O.C4H8FN/c14-7-4-8(15)12(18)20-11(7)9-5-19-10-3-6(22-13(16)17)1-2-21(9)10;5-4-1-2-6-3-4/h1-5,13H,(H2,18,20);4,6H,1-3H2. The van der Waals surface area contributed by atoms with Gasteiger partial charge < -0.3 is 15.8 Å². The number of anilines is 1. The molecule has 0 aliphatic carbocycles. The van der Waals surface area contributed by atoms with Crippen LogP contribution in [0.4, 0.5) is 27.8 Å². The molecule has 6 nitrogen and oxygen atoms in total. The first-order valence-electron chi connectivity index (χ1n) is 8.23. The zero-order chi connectivity index (χ0) is 20.3. The summed E-state index contributed by atoms with van der Waals surface area (Å²) in [6.07, 6.45) is 2.77. The van der Waals surface area contributed by atoms with Crippen molar-refractivity contribution in [2.24, 2.45) is 0 Å². The quantitative estimate of drug-likeness (QED) is 0.660. The lowest BCUT2D eigenvalue weighted by atomic mass is 10.2. The van der Waals surface area contributed by atoms with Crippen LogP contribution in [-0.4, -0.2) is 40.2 Å². The maximum atomic E-state index is 13.8. The Kier molecular flexibility index (Phi) is 5.93. The zero-order valence-corrected chi connectivity index (χ0v) is 14.4. The first-order chi connectivity index (χ1) is 13.3. The Hall–Kier alpha value is -2.95. The molecule has 1 fully saturated rings. The van der Waals surface area contributed by atoms with E-state index in [0.717, 1.165) is 6.54 Å².